The first kappa shape index (κ1) is 23.8. The molecular weight excluding hydrogens is 430 g/mol. The Bertz CT molecular complexity index is 1210. The molecule has 0 N–H and O–H groups in total. The summed E-state index contributed by atoms with van der Waals surface area (Å²) < 4.78 is 17.6. The van der Waals surface area contributed by atoms with Crippen LogP contribution in [-0.2, 0) is 6.54 Å². The largest absolute Gasteiger partial charge is 0.493 e. The Morgan fingerprint density at radius 3 is 2.74 bits per heavy atom. The minimum absolute atomic E-state index is 0.0986. The van der Waals surface area contributed by atoms with Gasteiger partial charge in [0.15, 0.2) is 11.5 Å². The summed E-state index contributed by atoms with van der Waals surface area (Å²) in [7, 11) is 3.65. The van der Waals surface area contributed by atoms with E-state index in [9.17, 15) is 4.79 Å². The van der Waals surface area contributed by atoms with Crippen molar-refractivity contribution >= 4 is 18.6 Å². The molecule has 0 bridgehead atoms. The van der Waals surface area contributed by atoms with E-state index in [0.717, 1.165) is 24.0 Å². The molecule has 7 nitrogen and oxygen atoms in total. The van der Waals surface area contributed by atoms with E-state index < -0.39 is 5.79 Å². The molecule has 0 aliphatic carbocycles. The fourth-order valence-corrected chi connectivity index (χ4v) is 4.42. The molecule has 1 unspecified atom stereocenters. The first-order valence-electron chi connectivity index (χ1n) is 11.6. The van der Waals surface area contributed by atoms with Crippen molar-refractivity contribution in [3.8, 4) is 17.2 Å². The summed E-state index contributed by atoms with van der Waals surface area (Å²) in [6.45, 7) is 14.6. The number of carbonyl (C=O) groups excluding carboxylic acids is 1. The van der Waals surface area contributed by atoms with Crippen molar-refractivity contribution < 1.29 is 19.0 Å². The maximum atomic E-state index is 13.8. The molecule has 34 heavy (non-hydrogen) atoms. The topological polar surface area (TPSA) is 64.1 Å². The number of aromatic nitrogens is 1. The van der Waals surface area contributed by atoms with Gasteiger partial charge in [0.1, 0.15) is 0 Å². The van der Waals surface area contributed by atoms with E-state index in [2.05, 4.69) is 30.1 Å². The average molecular weight is 464 g/mol. The van der Waals surface area contributed by atoms with Gasteiger partial charge >= 0.3 is 0 Å². The van der Waals surface area contributed by atoms with E-state index in [0.29, 0.717) is 53.6 Å². The van der Waals surface area contributed by atoms with Crippen LogP contribution in [0.2, 0.25) is 0 Å². The predicted molar refractivity (Wildman–Crippen MR) is 132 cm³/mol. The van der Waals surface area contributed by atoms with Gasteiger partial charge in [0.05, 0.1) is 24.7 Å². The van der Waals surface area contributed by atoms with Crippen LogP contribution in [0.5, 0.6) is 17.2 Å². The van der Waals surface area contributed by atoms with Gasteiger partial charge in [-0.05, 0) is 30.5 Å². The summed E-state index contributed by atoms with van der Waals surface area (Å²) in [6, 6.07) is 7.38. The van der Waals surface area contributed by atoms with Gasteiger partial charge in [-0.1, -0.05) is 38.3 Å². The Labute approximate surface area is 200 Å². The number of amides is 1. The van der Waals surface area contributed by atoms with Crippen LogP contribution >= 0.6 is 0 Å². The van der Waals surface area contributed by atoms with Crippen LogP contribution in [0.4, 0.5) is 0 Å². The molecule has 1 aromatic heterocycles. The summed E-state index contributed by atoms with van der Waals surface area (Å²) in [5, 5.41) is 1.58. The number of ether oxygens (including phenoxy) is 3. The van der Waals surface area contributed by atoms with E-state index in [-0.39, 0.29) is 5.91 Å². The van der Waals surface area contributed by atoms with Crippen LogP contribution in [-0.4, -0.2) is 60.3 Å². The molecule has 1 atom stereocenters. The van der Waals surface area contributed by atoms with Gasteiger partial charge in [0, 0.05) is 44.5 Å². The van der Waals surface area contributed by atoms with Crippen LogP contribution in [0.1, 0.15) is 36.3 Å². The van der Waals surface area contributed by atoms with Crippen molar-refractivity contribution in [3.63, 3.8) is 0 Å². The zero-order valence-electron chi connectivity index (χ0n) is 20.5. The molecule has 3 heterocycles. The van der Waals surface area contributed by atoms with Crippen LogP contribution in [0.15, 0.2) is 36.9 Å². The normalized spacial score (nSPS) is 20.2. The molecule has 7 heteroatoms. The summed E-state index contributed by atoms with van der Waals surface area (Å²) in [5.41, 5.74) is 1.29. The lowest BCUT2D eigenvalue weighted by Gasteiger charge is -2.39. The van der Waals surface area contributed by atoms with E-state index in [1.165, 1.54) is 0 Å². The minimum atomic E-state index is -0.772. The molecule has 0 radical (unpaired) electrons. The molecule has 1 amide bonds. The molecule has 2 aliphatic heterocycles. The van der Waals surface area contributed by atoms with E-state index in [1.54, 1.807) is 25.3 Å². The third-order valence-electron chi connectivity index (χ3n) is 6.40. The van der Waals surface area contributed by atoms with Crippen molar-refractivity contribution in [1.82, 2.24) is 14.8 Å². The Hall–Kier alpha value is -3.32. The van der Waals surface area contributed by atoms with Crippen molar-refractivity contribution in [2.24, 2.45) is 5.92 Å². The van der Waals surface area contributed by atoms with Gasteiger partial charge < -0.3 is 24.0 Å². The summed E-state index contributed by atoms with van der Waals surface area (Å²) in [4.78, 5) is 22.5. The lowest BCUT2D eigenvalue weighted by molar-refractivity contribution is -0.0647. The molecule has 4 rings (SSSR count). The number of methoxy groups -OCH3 is 1. The maximum Gasteiger partial charge on any atom is 0.254 e. The molecular formula is C27H33N3O4. The highest BCUT2D eigenvalue weighted by molar-refractivity contribution is 5.95. The zero-order chi connectivity index (χ0) is 24.5. The van der Waals surface area contributed by atoms with E-state index in [1.807, 2.05) is 37.0 Å². The van der Waals surface area contributed by atoms with Gasteiger partial charge in [0.25, 0.3) is 5.91 Å². The summed E-state index contributed by atoms with van der Waals surface area (Å²) in [5.74, 6) is 1.10. The number of fused-ring (bicyclic) bond motifs is 1. The number of pyridine rings is 1. The molecule has 1 fully saturated rings. The Morgan fingerprint density at radius 1 is 1.35 bits per heavy atom. The molecule has 1 saturated heterocycles. The number of hydrogen-bond donors (Lipinski definition) is 0. The van der Waals surface area contributed by atoms with Crippen LogP contribution in [0.3, 0.4) is 0 Å². The minimum Gasteiger partial charge on any atom is -0.493 e. The highest BCUT2D eigenvalue weighted by Crippen LogP contribution is 2.47. The Kier molecular flexibility index (Phi) is 6.66. The van der Waals surface area contributed by atoms with Crippen molar-refractivity contribution in [2.45, 2.75) is 32.6 Å². The third-order valence-corrected chi connectivity index (χ3v) is 6.40. The quantitative estimate of drug-likeness (QED) is 0.600. The van der Waals surface area contributed by atoms with E-state index >= 15 is 0 Å². The van der Waals surface area contributed by atoms with Gasteiger partial charge in [-0.2, -0.15) is 0 Å². The fraction of sp³-hybridized carbons (Fsp3) is 0.407. The summed E-state index contributed by atoms with van der Waals surface area (Å²) >= 11 is 0. The van der Waals surface area contributed by atoms with Gasteiger partial charge in [-0.25, -0.2) is 0 Å². The highest BCUT2D eigenvalue weighted by Gasteiger charge is 2.38. The molecule has 1 aromatic carbocycles. The fourth-order valence-electron chi connectivity index (χ4n) is 4.42. The summed E-state index contributed by atoms with van der Waals surface area (Å²) in [6.07, 6.45) is 4.24. The number of rotatable bonds is 8. The molecule has 2 aromatic rings. The number of nitrogens with zero attached hydrogens (tertiary/aromatic N) is 3. The van der Waals surface area contributed by atoms with Crippen LogP contribution < -0.4 is 24.8 Å². The number of likely N-dealkylation sites (tertiary alicyclic amines) is 1. The average Bonchev–Trinajstić information content (AvgIpc) is 3.15. The number of allylic oxidation sites excluding steroid dienone is 1. The molecule has 2 aliphatic rings. The van der Waals surface area contributed by atoms with E-state index in [4.69, 9.17) is 14.2 Å². The van der Waals surface area contributed by atoms with Crippen molar-refractivity contribution in [1.29, 1.82) is 0 Å². The first-order valence-corrected chi connectivity index (χ1v) is 11.6. The van der Waals surface area contributed by atoms with Crippen molar-refractivity contribution in [2.75, 3.05) is 33.8 Å². The van der Waals surface area contributed by atoms with Crippen LogP contribution in [0, 0.1) is 5.92 Å². The van der Waals surface area contributed by atoms with Gasteiger partial charge in [-0.3, -0.25) is 9.78 Å². The molecule has 180 valence electrons. The molecule has 0 spiro atoms. The van der Waals surface area contributed by atoms with Gasteiger partial charge in [0.2, 0.25) is 11.5 Å². The molecule has 0 saturated carbocycles. The second-order valence-electron chi connectivity index (χ2n) is 9.21. The van der Waals surface area contributed by atoms with Crippen LogP contribution in [0.25, 0.3) is 12.7 Å². The number of hydrogen-bond acceptors (Lipinski definition) is 6. The lowest BCUT2D eigenvalue weighted by Crippen LogP contribution is -2.50. The number of carbonyl (C=O) groups is 1. The first-order chi connectivity index (χ1) is 16.2. The standard InChI is InChI=1S/C27H33N3O4/c1-7-9-20-10-11-22(28-18(20)3)17-30(16-19-14-29(5)15-19)26(31)21-12-23(32-6)25-24(13-21)33-27(4,8-2)34-25/h7,9-13,19H,1,3,8,14-17H2,2,4-6H3/b20-9-. The lowest BCUT2D eigenvalue weighted by atomic mass is 10.00. The predicted octanol–water partition coefficient (Wildman–Crippen LogP) is 2.57. The maximum absolute atomic E-state index is 13.8. The zero-order valence-corrected chi connectivity index (χ0v) is 20.5. The second-order valence-corrected chi connectivity index (χ2v) is 9.21. The smallest absolute Gasteiger partial charge is 0.254 e. The highest BCUT2D eigenvalue weighted by atomic mass is 16.7. The Balaban J connectivity index is 1.64. The monoisotopic (exact) mass is 463 g/mol. The third kappa shape index (κ3) is 4.80. The Morgan fingerprint density at radius 2 is 2.12 bits per heavy atom. The second kappa shape index (κ2) is 9.50. The van der Waals surface area contributed by atoms with Gasteiger partial charge in [-0.15, -0.1) is 0 Å². The van der Waals surface area contributed by atoms with Crippen molar-refractivity contribution in [3.05, 3.63) is 58.7 Å². The number of benzene rings is 1. The SMILES string of the molecule is C=C/C=c1/ccc(CN(CC2CN(C)C2)C(=O)c2cc(OC)c3c(c2)OC(C)(CC)O3)nc1=C.